The number of hydrogen-bond acceptors (Lipinski definition) is 4. The number of hydrogen-bond donors (Lipinski definition) is 1. The van der Waals surface area contributed by atoms with Crippen LogP contribution in [0.1, 0.15) is 22.2 Å². The van der Waals surface area contributed by atoms with Crippen molar-refractivity contribution in [3.8, 4) is 0 Å². The number of furan rings is 1. The monoisotopic (exact) mass is 324 g/mol. The van der Waals surface area contributed by atoms with Gasteiger partial charge in [-0.15, -0.1) is 0 Å². The van der Waals surface area contributed by atoms with Crippen LogP contribution in [0.4, 0.5) is 0 Å². The molecular weight excluding hydrogens is 312 g/mol. The van der Waals surface area contributed by atoms with Crippen LogP contribution in [0.25, 0.3) is 0 Å². The quantitative estimate of drug-likeness (QED) is 0.918. The fourth-order valence-corrected chi connectivity index (χ4v) is 1.96. The summed E-state index contributed by atoms with van der Waals surface area (Å²) in [6, 6.07) is 5.29. The van der Waals surface area contributed by atoms with E-state index in [-0.39, 0.29) is 12.0 Å². The second-order valence-electron chi connectivity index (χ2n) is 3.84. The van der Waals surface area contributed by atoms with Crippen LogP contribution in [0.2, 0.25) is 0 Å². The number of pyridine rings is 1. The first kappa shape index (κ1) is 13.8. The summed E-state index contributed by atoms with van der Waals surface area (Å²) in [4.78, 5) is 15.9. The van der Waals surface area contributed by atoms with Gasteiger partial charge in [-0.2, -0.15) is 0 Å². The first-order chi connectivity index (χ1) is 9.20. The van der Waals surface area contributed by atoms with E-state index >= 15 is 0 Å². The van der Waals surface area contributed by atoms with Gasteiger partial charge in [-0.1, -0.05) is 0 Å². The second-order valence-corrected chi connectivity index (χ2v) is 4.76. The van der Waals surface area contributed by atoms with Crippen LogP contribution in [0.3, 0.4) is 0 Å². The van der Waals surface area contributed by atoms with E-state index < -0.39 is 0 Å². The number of halogens is 1. The molecular formula is C13H13BrN2O3. The Bertz CT molecular complexity index is 543. The molecule has 19 heavy (non-hydrogen) atoms. The van der Waals surface area contributed by atoms with Crippen molar-refractivity contribution in [2.45, 2.75) is 6.10 Å². The highest BCUT2D eigenvalue weighted by atomic mass is 79.9. The molecule has 0 spiro atoms. The van der Waals surface area contributed by atoms with Gasteiger partial charge in [-0.3, -0.25) is 9.78 Å². The number of nitrogens with one attached hydrogen (secondary N) is 1. The Labute approximate surface area is 119 Å². The van der Waals surface area contributed by atoms with E-state index in [0.29, 0.717) is 17.9 Å². The van der Waals surface area contributed by atoms with Crippen LogP contribution in [0.5, 0.6) is 0 Å². The van der Waals surface area contributed by atoms with Gasteiger partial charge in [0.05, 0.1) is 18.4 Å². The highest BCUT2D eigenvalue weighted by Crippen LogP contribution is 2.16. The standard InChI is InChI=1S/C13H13BrN2O3/c1-18-12(11-3-2-4-19-11)8-16-13(17)9-5-10(14)7-15-6-9/h2-7,12H,8H2,1H3,(H,16,17)/t12-/m1/s1. The zero-order valence-corrected chi connectivity index (χ0v) is 11.9. The van der Waals surface area contributed by atoms with Gasteiger partial charge in [-0.25, -0.2) is 0 Å². The van der Waals surface area contributed by atoms with E-state index in [1.165, 1.54) is 6.20 Å². The minimum atomic E-state index is -0.306. The van der Waals surface area contributed by atoms with Crippen LogP contribution in [-0.4, -0.2) is 24.5 Å². The van der Waals surface area contributed by atoms with Crippen LogP contribution >= 0.6 is 15.9 Å². The molecule has 1 atom stereocenters. The van der Waals surface area contributed by atoms with Gasteiger partial charge in [-0.05, 0) is 34.1 Å². The molecule has 6 heteroatoms. The van der Waals surface area contributed by atoms with Crippen molar-refractivity contribution in [3.63, 3.8) is 0 Å². The van der Waals surface area contributed by atoms with E-state index in [4.69, 9.17) is 9.15 Å². The van der Waals surface area contributed by atoms with Crippen LogP contribution in [0, 0.1) is 0 Å². The summed E-state index contributed by atoms with van der Waals surface area (Å²) in [5.41, 5.74) is 0.490. The first-order valence-corrected chi connectivity index (χ1v) is 6.45. The van der Waals surface area contributed by atoms with Crippen LogP contribution < -0.4 is 5.32 Å². The predicted octanol–water partition coefficient (Wildman–Crippen LogP) is 2.55. The predicted molar refractivity (Wildman–Crippen MR) is 72.7 cm³/mol. The summed E-state index contributed by atoms with van der Waals surface area (Å²) in [7, 11) is 1.57. The molecule has 0 saturated carbocycles. The molecule has 2 aromatic heterocycles. The Kier molecular flexibility index (Phi) is 4.70. The van der Waals surface area contributed by atoms with Crippen LogP contribution in [-0.2, 0) is 4.74 Å². The fourth-order valence-electron chi connectivity index (χ4n) is 1.60. The smallest absolute Gasteiger partial charge is 0.252 e. The molecule has 0 aromatic carbocycles. The summed E-state index contributed by atoms with van der Waals surface area (Å²) in [5.74, 6) is 0.470. The Hall–Kier alpha value is -1.66. The van der Waals surface area contributed by atoms with E-state index in [1.807, 2.05) is 0 Å². The molecule has 0 bridgehead atoms. The molecule has 2 rings (SSSR count). The number of nitrogens with zero attached hydrogens (tertiary/aromatic N) is 1. The average Bonchev–Trinajstić information content (AvgIpc) is 2.93. The maximum Gasteiger partial charge on any atom is 0.252 e. The van der Waals surface area contributed by atoms with Crippen molar-refractivity contribution in [1.29, 1.82) is 0 Å². The van der Waals surface area contributed by atoms with Crippen LogP contribution in [0.15, 0.2) is 45.7 Å². The average molecular weight is 325 g/mol. The number of aromatic nitrogens is 1. The third kappa shape index (κ3) is 3.65. The Morgan fingerprint density at radius 3 is 3.05 bits per heavy atom. The molecule has 0 unspecified atom stereocenters. The number of amides is 1. The number of carbonyl (C=O) groups is 1. The van der Waals surface area contributed by atoms with E-state index in [2.05, 4.69) is 26.2 Å². The molecule has 0 aliphatic rings. The van der Waals surface area contributed by atoms with Gasteiger partial charge in [0.15, 0.2) is 0 Å². The van der Waals surface area contributed by atoms with Crippen molar-refractivity contribution in [3.05, 3.63) is 52.7 Å². The molecule has 0 aliphatic carbocycles. The molecule has 2 heterocycles. The number of methoxy groups -OCH3 is 1. The lowest BCUT2D eigenvalue weighted by molar-refractivity contribution is 0.0738. The number of carbonyl (C=O) groups excluding carboxylic acids is 1. The number of ether oxygens (including phenoxy) is 1. The maximum absolute atomic E-state index is 11.9. The third-order valence-corrected chi connectivity index (χ3v) is 2.99. The minimum Gasteiger partial charge on any atom is -0.467 e. The van der Waals surface area contributed by atoms with E-state index in [1.54, 1.807) is 37.8 Å². The van der Waals surface area contributed by atoms with Crippen molar-refractivity contribution in [2.75, 3.05) is 13.7 Å². The Morgan fingerprint density at radius 1 is 1.58 bits per heavy atom. The van der Waals surface area contributed by atoms with Crippen molar-refractivity contribution < 1.29 is 13.9 Å². The van der Waals surface area contributed by atoms with Gasteiger partial charge < -0.3 is 14.5 Å². The first-order valence-electron chi connectivity index (χ1n) is 5.65. The summed E-state index contributed by atoms with van der Waals surface area (Å²) in [5, 5.41) is 2.78. The topological polar surface area (TPSA) is 64.4 Å². The molecule has 2 aromatic rings. The lowest BCUT2D eigenvalue weighted by Gasteiger charge is -2.13. The Balaban J connectivity index is 1.96. The van der Waals surface area contributed by atoms with E-state index in [9.17, 15) is 4.79 Å². The molecule has 1 N–H and O–H groups in total. The van der Waals surface area contributed by atoms with Gasteiger partial charge in [0, 0.05) is 24.0 Å². The second kappa shape index (κ2) is 6.49. The fraction of sp³-hybridized carbons (Fsp3) is 0.231. The molecule has 5 nitrogen and oxygen atoms in total. The van der Waals surface area contributed by atoms with Gasteiger partial charge in [0.25, 0.3) is 5.91 Å². The largest absolute Gasteiger partial charge is 0.467 e. The summed E-state index contributed by atoms with van der Waals surface area (Å²) < 4.78 is 11.3. The summed E-state index contributed by atoms with van der Waals surface area (Å²) in [6.45, 7) is 0.329. The molecule has 0 aliphatic heterocycles. The maximum atomic E-state index is 11.9. The molecule has 0 fully saturated rings. The Morgan fingerprint density at radius 2 is 2.42 bits per heavy atom. The molecule has 1 amide bonds. The van der Waals surface area contributed by atoms with Gasteiger partial charge in [0.2, 0.25) is 0 Å². The van der Waals surface area contributed by atoms with Gasteiger partial charge in [0.1, 0.15) is 11.9 Å². The molecule has 100 valence electrons. The van der Waals surface area contributed by atoms with Crippen molar-refractivity contribution in [2.24, 2.45) is 0 Å². The van der Waals surface area contributed by atoms with Crippen molar-refractivity contribution in [1.82, 2.24) is 10.3 Å². The molecule has 0 radical (unpaired) electrons. The highest BCUT2D eigenvalue weighted by molar-refractivity contribution is 9.10. The summed E-state index contributed by atoms with van der Waals surface area (Å²) >= 11 is 3.27. The van der Waals surface area contributed by atoms with Crippen molar-refractivity contribution >= 4 is 21.8 Å². The van der Waals surface area contributed by atoms with Gasteiger partial charge >= 0.3 is 0 Å². The molecule has 0 saturated heterocycles. The van der Waals surface area contributed by atoms with E-state index in [0.717, 1.165) is 4.47 Å². The minimum absolute atomic E-state index is 0.206. The highest BCUT2D eigenvalue weighted by Gasteiger charge is 2.15. The zero-order chi connectivity index (χ0) is 13.7. The summed E-state index contributed by atoms with van der Waals surface area (Å²) in [6.07, 6.45) is 4.40. The SMILES string of the molecule is CO[C@H](CNC(=O)c1cncc(Br)c1)c1ccco1. The normalized spacial score (nSPS) is 12.1. The third-order valence-electron chi connectivity index (χ3n) is 2.56. The zero-order valence-electron chi connectivity index (χ0n) is 10.3. The number of rotatable bonds is 5. The lowest BCUT2D eigenvalue weighted by Crippen LogP contribution is -2.29. The lowest BCUT2D eigenvalue weighted by atomic mass is 10.2.